The van der Waals surface area contributed by atoms with E-state index in [0.717, 1.165) is 12.8 Å². The van der Waals surface area contributed by atoms with Crippen LogP contribution in [0.5, 0.6) is 0 Å². The molecular weight excluding hydrogens is 288 g/mol. The number of rotatable bonds is 5. The molecule has 0 aromatic carbocycles. The Morgan fingerprint density at radius 3 is 2.73 bits per heavy atom. The first kappa shape index (κ1) is 14.6. The van der Waals surface area contributed by atoms with E-state index in [2.05, 4.69) is 10.4 Å². The van der Waals surface area contributed by atoms with Crippen LogP contribution in [0.2, 0.25) is 0 Å². The fraction of sp³-hybridized carbons (Fsp3) is 0.571. The zero-order valence-electron chi connectivity index (χ0n) is 12.2. The second kappa shape index (κ2) is 5.43. The maximum atomic E-state index is 12.3. The highest BCUT2D eigenvalue weighted by Crippen LogP contribution is 2.32. The van der Waals surface area contributed by atoms with E-state index in [1.807, 2.05) is 0 Å². The van der Waals surface area contributed by atoms with Gasteiger partial charge in [0, 0.05) is 32.3 Å². The van der Waals surface area contributed by atoms with E-state index in [1.54, 1.807) is 18.0 Å². The summed E-state index contributed by atoms with van der Waals surface area (Å²) in [4.78, 5) is 37.4. The van der Waals surface area contributed by atoms with Gasteiger partial charge in [0.2, 0.25) is 11.8 Å². The number of aromatic nitrogens is 2. The molecule has 8 heteroatoms. The number of carbonyl (C=O) groups is 3. The number of aliphatic carboxylic acids is 1. The molecule has 1 aliphatic carbocycles. The van der Waals surface area contributed by atoms with Gasteiger partial charge in [-0.2, -0.15) is 5.10 Å². The van der Waals surface area contributed by atoms with Crippen molar-refractivity contribution in [2.24, 2.45) is 13.0 Å². The largest absolute Gasteiger partial charge is 0.479 e. The number of carbonyl (C=O) groups excluding carboxylic acids is 2. The molecule has 1 saturated heterocycles. The molecule has 2 amide bonds. The van der Waals surface area contributed by atoms with Gasteiger partial charge in [-0.25, -0.2) is 4.79 Å². The van der Waals surface area contributed by atoms with Crippen LogP contribution in [-0.2, 0) is 21.4 Å². The molecule has 118 valence electrons. The van der Waals surface area contributed by atoms with Crippen LogP contribution in [0.1, 0.15) is 31.0 Å². The second-order valence-corrected chi connectivity index (χ2v) is 5.84. The zero-order valence-corrected chi connectivity index (χ0v) is 12.2. The van der Waals surface area contributed by atoms with Crippen molar-refractivity contribution in [3.63, 3.8) is 0 Å². The van der Waals surface area contributed by atoms with Crippen LogP contribution in [0.25, 0.3) is 0 Å². The van der Waals surface area contributed by atoms with Gasteiger partial charge in [0.1, 0.15) is 0 Å². The van der Waals surface area contributed by atoms with E-state index in [1.165, 1.54) is 10.9 Å². The summed E-state index contributed by atoms with van der Waals surface area (Å²) < 4.78 is 1.41. The highest BCUT2D eigenvalue weighted by Gasteiger charge is 2.42. The molecule has 0 bridgehead atoms. The van der Waals surface area contributed by atoms with E-state index in [0.29, 0.717) is 12.2 Å². The zero-order chi connectivity index (χ0) is 15.9. The minimum absolute atomic E-state index is 0.0185. The molecule has 3 rings (SSSR count). The van der Waals surface area contributed by atoms with Crippen LogP contribution < -0.4 is 5.32 Å². The second-order valence-electron chi connectivity index (χ2n) is 5.84. The smallest absolute Gasteiger partial charge is 0.332 e. The van der Waals surface area contributed by atoms with Gasteiger partial charge in [0.05, 0.1) is 11.6 Å². The number of nitrogens with one attached hydrogen (secondary N) is 1. The van der Waals surface area contributed by atoms with Gasteiger partial charge in [0.15, 0.2) is 6.04 Å². The quantitative estimate of drug-likeness (QED) is 0.775. The number of carboxylic acids is 1. The van der Waals surface area contributed by atoms with Gasteiger partial charge >= 0.3 is 5.97 Å². The summed E-state index contributed by atoms with van der Waals surface area (Å²) in [6, 6.07) is 0.665. The first-order valence-electron chi connectivity index (χ1n) is 7.28. The fourth-order valence-corrected chi connectivity index (χ4v) is 2.84. The highest BCUT2D eigenvalue weighted by molar-refractivity contribution is 5.91. The third kappa shape index (κ3) is 2.68. The van der Waals surface area contributed by atoms with Gasteiger partial charge < -0.3 is 15.3 Å². The fourth-order valence-electron chi connectivity index (χ4n) is 2.84. The van der Waals surface area contributed by atoms with Crippen molar-refractivity contribution in [2.45, 2.75) is 31.3 Å². The molecule has 1 aromatic rings. The molecule has 1 aliphatic heterocycles. The standard InChI is InChI=1S/C14H18N4O4/c1-17-10(4-5-15-17)12(14(21)22)16-13(20)8-6-11(19)18(7-8)9-2-3-9/h4-5,8-9,12H,2-3,6-7H2,1H3,(H,16,20)(H,21,22). The molecule has 0 radical (unpaired) electrons. The van der Waals surface area contributed by atoms with Crippen molar-refractivity contribution in [2.75, 3.05) is 6.54 Å². The molecule has 22 heavy (non-hydrogen) atoms. The first-order valence-corrected chi connectivity index (χ1v) is 7.28. The van der Waals surface area contributed by atoms with Crippen molar-refractivity contribution in [3.05, 3.63) is 18.0 Å². The van der Waals surface area contributed by atoms with E-state index >= 15 is 0 Å². The van der Waals surface area contributed by atoms with E-state index in [9.17, 15) is 19.5 Å². The Hall–Kier alpha value is -2.38. The van der Waals surface area contributed by atoms with Crippen molar-refractivity contribution in [1.82, 2.24) is 20.0 Å². The Labute approximate surface area is 127 Å². The Morgan fingerprint density at radius 2 is 2.18 bits per heavy atom. The lowest BCUT2D eigenvalue weighted by Crippen LogP contribution is -2.39. The van der Waals surface area contributed by atoms with Crippen molar-refractivity contribution >= 4 is 17.8 Å². The van der Waals surface area contributed by atoms with Gasteiger partial charge in [-0.15, -0.1) is 0 Å². The van der Waals surface area contributed by atoms with Crippen molar-refractivity contribution in [3.8, 4) is 0 Å². The number of carboxylic acid groups (broad SMARTS) is 1. The molecule has 0 spiro atoms. The number of nitrogens with zero attached hydrogens (tertiary/aromatic N) is 3. The third-order valence-electron chi connectivity index (χ3n) is 4.21. The number of hydrogen-bond acceptors (Lipinski definition) is 4. The Kier molecular flexibility index (Phi) is 3.59. The minimum atomic E-state index is -1.16. The maximum Gasteiger partial charge on any atom is 0.332 e. The molecule has 2 atom stereocenters. The summed E-state index contributed by atoms with van der Waals surface area (Å²) in [7, 11) is 1.62. The highest BCUT2D eigenvalue weighted by atomic mass is 16.4. The van der Waals surface area contributed by atoms with Gasteiger partial charge in [0.25, 0.3) is 0 Å². The number of hydrogen-bond donors (Lipinski definition) is 2. The van der Waals surface area contributed by atoms with Crippen molar-refractivity contribution < 1.29 is 19.5 Å². The number of amides is 2. The summed E-state index contributed by atoms with van der Waals surface area (Å²) >= 11 is 0. The molecule has 2 heterocycles. The van der Waals surface area contributed by atoms with Crippen LogP contribution in [-0.4, -0.2) is 50.2 Å². The average molecular weight is 306 g/mol. The summed E-state index contributed by atoms with van der Waals surface area (Å²) in [5.41, 5.74) is 0.393. The van der Waals surface area contributed by atoms with Gasteiger partial charge in [-0.05, 0) is 18.9 Å². The Morgan fingerprint density at radius 1 is 1.45 bits per heavy atom. The molecular formula is C14H18N4O4. The summed E-state index contributed by atoms with van der Waals surface area (Å²) in [5.74, 6) is -2.05. The van der Waals surface area contributed by atoms with Crippen LogP contribution >= 0.6 is 0 Å². The van der Waals surface area contributed by atoms with E-state index in [-0.39, 0.29) is 18.4 Å². The first-order chi connectivity index (χ1) is 10.5. The van der Waals surface area contributed by atoms with Crippen LogP contribution in [0.3, 0.4) is 0 Å². The van der Waals surface area contributed by atoms with E-state index < -0.39 is 23.8 Å². The number of likely N-dealkylation sites (tertiary alicyclic amines) is 1. The average Bonchev–Trinajstić information content (AvgIpc) is 3.11. The van der Waals surface area contributed by atoms with E-state index in [4.69, 9.17) is 0 Å². The molecule has 1 aromatic heterocycles. The monoisotopic (exact) mass is 306 g/mol. The molecule has 2 aliphatic rings. The predicted octanol–water partition coefficient (Wildman–Crippen LogP) is -0.327. The summed E-state index contributed by atoms with van der Waals surface area (Å²) in [5, 5.41) is 15.8. The van der Waals surface area contributed by atoms with Gasteiger partial charge in [-0.1, -0.05) is 0 Å². The van der Waals surface area contributed by atoms with Crippen molar-refractivity contribution in [1.29, 1.82) is 0 Å². The normalized spacial score (nSPS) is 22.7. The van der Waals surface area contributed by atoms with Crippen LogP contribution in [0.4, 0.5) is 0 Å². The van der Waals surface area contributed by atoms with Gasteiger partial charge in [-0.3, -0.25) is 14.3 Å². The number of aryl methyl sites for hydroxylation is 1. The molecule has 2 unspecified atom stereocenters. The Balaban J connectivity index is 1.68. The predicted molar refractivity (Wildman–Crippen MR) is 74.6 cm³/mol. The molecule has 1 saturated carbocycles. The summed E-state index contributed by atoms with van der Waals surface area (Å²) in [6.07, 6.45) is 3.62. The lowest BCUT2D eigenvalue weighted by molar-refractivity contribution is -0.142. The lowest BCUT2D eigenvalue weighted by atomic mass is 10.1. The van der Waals surface area contributed by atoms with Crippen LogP contribution in [0.15, 0.2) is 12.3 Å². The summed E-state index contributed by atoms with van der Waals surface area (Å²) in [6.45, 7) is 0.382. The maximum absolute atomic E-state index is 12.3. The molecule has 2 N–H and O–H groups in total. The SMILES string of the molecule is Cn1nccc1C(NC(=O)C1CC(=O)N(C2CC2)C1)C(=O)O. The minimum Gasteiger partial charge on any atom is -0.479 e. The Bertz CT molecular complexity index is 622. The molecule has 8 nitrogen and oxygen atoms in total. The molecule has 2 fully saturated rings. The topological polar surface area (TPSA) is 105 Å². The third-order valence-corrected chi connectivity index (χ3v) is 4.21. The van der Waals surface area contributed by atoms with Crippen LogP contribution in [0, 0.1) is 5.92 Å². The lowest BCUT2D eigenvalue weighted by Gasteiger charge is -2.18.